The molecule has 1 aliphatic carbocycles. The Morgan fingerprint density at radius 2 is 1.45 bits per heavy atom. The Balaban J connectivity index is 1.75. The zero-order valence-corrected chi connectivity index (χ0v) is 15.6. The highest BCUT2D eigenvalue weighted by molar-refractivity contribution is 4.84. The Kier molecular flexibility index (Phi) is 11.9. The van der Waals surface area contributed by atoms with E-state index in [1.807, 2.05) is 0 Å². The molecule has 22 heavy (non-hydrogen) atoms. The average Bonchev–Trinajstić information content (AvgIpc) is 3.28. The molecule has 0 nitrogen and oxygen atoms in total. The van der Waals surface area contributed by atoms with E-state index in [1.165, 1.54) is 89.9 Å². The molecule has 3 atom stereocenters. The van der Waals surface area contributed by atoms with E-state index in [0.29, 0.717) is 0 Å². The molecule has 0 aromatic heterocycles. The Hall–Kier alpha value is -0.260. The number of hydrogen-bond donors (Lipinski definition) is 0. The molecule has 0 bridgehead atoms. The molecule has 0 aliphatic heterocycles. The van der Waals surface area contributed by atoms with Gasteiger partial charge in [0.1, 0.15) is 0 Å². The van der Waals surface area contributed by atoms with Gasteiger partial charge in [0.25, 0.3) is 0 Å². The Morgan fingerprint density at radius 1 is 0.864 bits per heavy atom. The molecule has 0 N–H and O–H groups in total. The van der Waals surface area contributed by atoms with Gasteiger partial charge in [0.15, 0.2) is 0 Å². The van der Waals surface area contributed by atoms with Crippen LogP contribution in [0.5, 0.6) is 0 Å². The number of hydrogen-bond acceptors (Lipinski definition) is 0. The van der Waals surface area contributed by atoms with Gasteiger partial charge in [0, 0.05) is 0 Å². The first-order chi connectivity index (χ1) is 10.8. The molecular weight excluding hydrogens is 264 g/mol. The van der Waals surface area contributed by atoms with E-state index in [2.05, 4.69) is 26.5 Å². The van der Waals surface area contributed by atoms with Crippen molar-refractivity contribution in [3.8, 4) is 0 Å². The van der Waals surface area contributed by atoms with Crippen LogP contribution in [0.15, 0.2) is 12.7 Å². The second-order valence-electron chi connectivity index (χ2n) is 7.89. The van der Waals surface area contributed by atoms with Crippen molar-refractivity contribution in [3.63, 3.8) is 0 Å². The van der Waals surface area contributed by atoms with Crippen molar-refractivity contribution in [2.75, 3.05) is 0 Å². The van der Waals surface area contributed by atoms with Crippen LogP contribution in [0, 0.1) is 17.8 Å². The van der Waals surface area contributed by atoms with Gasteiger partial charge in [-0.1, -0.05) is 97.0 Å². The molecule has 1 rings (SSSR count). The van der Waals surface area contributed by atoms with Gasteiger partial charge >= 0.3 is 0 Å². The van der Waals surface area contributed by atoms with Gasteiger partial charge in [0.05, 0.1) is 0 Å². The normalized spacial score (nSPS) is 21.7. The fourth-order valence-electron chi connectivity index (χ4n) is 3.87. The summed E-state index contributed by atoms with van der Waals surface area (Å²) < 4.78 is 0. The van der Waals surface area contributed by atoms with Gasteiger partial charge in [-0.25, -0.2) is 0 Å². The van der Waals surface area contributed by atoms with Crippen LogP contribution in [0.3, 0.4) is 0 Å². The second-order valence-corrected chi connectivity index (χ2v) is 7.89. The Morgan fingerprint density at radius 3 is 2.05 bits per heavy atom. The third-order valence-electron chi connectivity index (χ3n) is 5.72. The minimum absolute atomic E-state index is 0.959. The minimum Gasteiger partial charge on any atom is -0.103 e. The van der Waals surface area contributed by atoms with E-state index in [0.717, 1.165) is 17.8 Å². The molecule has 0 amide bonds. The SMILES string of the molecule is C=CCCCCCCCC(C)CCCCCCC1CC1CC. The molecule has 130 valence electrons. The molecule has 3 unspecified atom stereocenters. The first-order valence-electron chi connectivity index (χ1n) is 10.4. The van der Waals surface area contributed by atoms with Crippen molar-refractivity contribution in [1.82, 2.24) is 0 Å². The fraction of sp³-hybridized carbons (Fsp3) is 0.909. The molecule has 0 spiro atoms. The largest absolute Gasteiger partial charge is 0.103 e. The fourth-order valence-corrected chi connectivity index (χ4v) is 3.87. The van der Waals surface area contributed by atoms with E-state index < -0.39 is 0 Å². The zero-order valence-electron chi connectivity index (χ0n) is 15.6. The lowest BCUT2D eigenvalue weighted by Gasteiger charge is -2.11. The first kappa shape index (κ1) is 19.8. The minimum atomic E-state index is 0.959. The molecule has 0 saturated heterocycles. The van der Waals surface area contributed by atoms with Gasteiger partial charge in [-0.05, 0) is 37.0 Å². The van der Waals surface area contributed by atoms with Crippen molar-refractivity contribution >= 4 is 0 Å². The standard InChI is InChI=1S/C22H42/c1-4-6-7-8-9-10-13-16-20(3)17-14-11-12-15-18-22-19-21(22)5-2/h4,20-22H,1,5-19H2,2-3H3. The molecular formula is C22H42. The van der Waals surface area contributed by atoms with Crippen LogP contribution < -0.4 is 0 Å². The molecule has 0 heterocycles. The topological polar surface area (TPSA) is 0 Å². The van der Waals surface area contributed by atoms with E-state index in [-0.39, 0.29) is 0 Å². The van der Waals surface area contributed by atoms with Crippen LogP contribution >= 0.6 is 0 Å². The predicted molar refractivity (Wildman–Crippen MR) is 101 cm³/mol. The third kappa shape index (κ3) is 10.5. The van der Waals surface area contributed by atoms with Crippen LogP contribution in [0.4, 0.5) is 0 Å². The molecule has 0 aromatic rings. The van der Waals surface area contributed by atoms with E-state index >= 15 is 0 Å². The van der Waals surface area contributed by atoms with E-state index in [1.54, 1.807) is 6.42 Å². The summed E-state index contributed by atoms with van der Waals surface area (Å²) in [6.45, 7) is 8.60. The van der Waals surface area contributed by atoms with Crippen molar-refractivity contribution in [2.45, 2.75) is 110 Å². The van der Waals surface area contributed by atoms with E-state index in [9.17, 15) is 0 Å². The highest BCUT2D eigenvalue weighted by Gasteiger charge is 2.33. The summed E-state index contributed by atoms with van der Waals surface area (Å²) in [5, 5.41) is 0. The van der Waals surface area contributed by atoms with Gasteiger partial charge in [-0.3, -0.25) is 0 Å². The second kappa shape index (κ2) is 13.2. The smallest absolute Gasteiger partial charge is 0.0353 e. The summed E-state index contributed by atoms with van der Waals surface area (Å²) in [6.07, 6.45) is 23.7. The average molecular weight is 307 g/mol. The monoisotopic (exact) mass is 306 g/mol. The van der Waals surface area contributed by atoms with Gasteiger partial charge < -0.3 is 0 Å². The maximum atomic E-state index is 3.78. The molecule has 1 saturated carbocycles. The maximum absolute atomic E-state index is 3.78. The summed E-state index contributed by atoms with van der Waals surface area (Å²) in [4.78, 5) is 0. The van der Waals surface area contributed by atoms with Crippen LogP contribution in [-0.4, -0.2) is 0 Å². The Labute approximate surface area is 141 Å². The van der Waals surface area contributed by atoms with Crippen molar-refractivity contribution < 1.29 is 0 Å². The zero-order chi connectivity index (χ0) is 16.0. The lowest BCUT2D eigenvalue weighted by Crippen LogP contribution is -1.95. The summed E-state index contributed by atoms with van der Waals surface area (Å²) >= 11 is 0. The number of unbranched alkanes of at least 4 members (excludes halogenated alkanes) is 8. The van der Waals surface area contributed by atoms with Crippen molar-refractivity contribution in [2.24, 2.45) is 17.8 Å². The maximum Gasteiger partial charge on any atom is -0.0353 e. The Bertz CT molecular complexity index is 255. The quantitative estimate of drug-likeness (QED) is 0.200. The highest BCUT2D eigenvalue weighted by atomic mass is 14.4. The van der Waals surface area contributed by atoms with Gasteiger partial charge in [-0.2, -0.15) is 0 Å². The molecule has 1 fully saturated rings. The summed E-state index contributed by atoms with van der Waals surface area (Å²) in [5.41, 5.74) is 0. The predicted octanol–water partition coefficient (Wildman–Crippen LogP) is 7.93. The number of rotatable bonds is 16. The van der Waals surface area contributed by atoms with Crippen LogP contribution in [0.1, 0.15) is 110 Å². The lowest BCUT2D eigenvalue weighted by atomic mass is 9.96. The van der Waals surface area contributed by atoms with Crippen LogP contribution in [0.25, 0.3) is 0 Å². The van der Waals surface area contributed by atoms with Gasteiger partial charge in [-0.15, -0.1) is 6.58 Å². The van der Waals surface area contributed by atoms with Gasteiger partial charge in [0.2, 0.25) is 0 Å². The number of allylic oxidation sites excluding steroid dienone is 1. The van der Waals surface area contributed by atoms with Crippen molar-refractivity contribution in [3.05, 3.63) is 12.7 Å². The summed E-state index contributed by atoms with van der Waals surface area (Å²) in [6, 6.07) is 0. The molecule has 0 aromatic carbocycles. The molecule has 0 heteroatoms. The van der Waals surface area contributed by atoms with E-state index in [4.69, 9.17) is 0 Å². The third-order valence-corrected chi connectivity index (χ3v) is 5.72. The van der Waals surface area contributed by atoms with Crippen LogP contribution in [0.2, 0.25) is 0 Å². The van der Waals surface area contributed by atoms with Crippen LogP contribution in [-0.2, 0) is 0 Å². The molecule has 1 aliphatic rings. The molecule has 0 radical (unpaired) electrons. The first-order valence-corrected chi connectivity index (χ1v) is 10.4. The lowest BCUT2D eigenvalue weighted by molar-refractivity contribution is 0.430. The summed E-state index contributed by atoms with van der Waals surface area (Å²) in [5.74, 6) is 3.19. The summed E-state index contributed by atoms with van der Waals surface area (Å²) in [7, 11) is 0. The highest BCUT2D eigenvalue weighted by Crippen LogP contribution is 2.44. The van der Waals surface area contributed by atoms with Crippen molar-refractivity contribution in [1.29, 1.82) is 0 Å².